The lowest BCUT2D eigenvalue weighted by Gasteiger charge is -2.50. The van der Waals surface area contributed by atoms with Gasteiger partial charge >= 0.3 is 103 Å². The van der Waals surface area contributed by atoms with Crippen molar-refractivity contribution in [3.05, 3.63) is 258 Å². The van der Waals surface area contributed by atoms with Gasteiger partial charge in [0.15, 0.2) is 0 Å². The van der Waals surface area contributed by atoms with Crippen molar-refractivity contribution in [1.29, 1.82) is 0 Å². The Morgan fingerprint density at radius 3 is 0.417 bits per heavy atom. The van der Waals surface area contributed by atoms with Crippen LogP contribution in [0.5, 0.6) is 0 Å². The summed E-state index contributed by atoms with van der Waals surface area (Å²) >= 11 is 0. The van der Waals surface area contributed by atoms with Gasteiger partial charge in [0.25, 0.3) is 0 Å². The fourth-order valence-electron chi connectivity index (χ4n) is 15.8. The van der Waals surface area contributed by atoms with Crippen molar-refractivity contribution in [2.45, 2.75) is 287 Å². The second-order valence-corrected chi connectivity index (χ2v) is 116. The lowest BCUT2D eigenvalue weighted by Crippen LogP contribution is -2.67. The highest BCUT2D eigenvalue weighted by Crippen LogP contribution is 2.43. The lowest BCUT2D eigenvalue weighted by atomic mass is 10.4. The van der Waals surface area contributed by atoms with E-state index in [0.717, 1.165) is 150 Å². The molecule has 0 aromatic rings. The molecule has 750 valence electrons. The predicted octanol–water partition coefficient (Wildman–Crippen LogP) is 27.8. The topological polar surface area (TPSA) is 166 Å². The van der Waals surface area contributed by atoms with Gasteiger partial charge in [-0.25, -0.2) is 0 Å². The fourth-order valence-corrected chi connectivity index (χ4v) is 92.2. The molecule has 0 N–H and O–H groups in total. The molecular formula is C93H186O18Si21. The van der Waals surface area contributed by atoms with Crippen LogP contribution in [0.1, 0.15) is 77.0 Å². The van der Waals surface area contributed by atoms with Crippen molar-refractivity contribution in [2.75, 3.05) is 39.6 Å². The first-order valence-electron chi connectivity index (χ1n) is 47.7. The summed E-state index contributed by atoms with van der Waals surface area (Å²) in [6, 6.07) is 10.7. The monoisotopic (exact) mass is 2180 g/mol. The molecule has 0 saturated carbocycles. The second kappa shape index (κ2) is 57.0. The highest BCUT2D eigenvalue weighted by molar-refractivity contribution is 6.98. The number of hydrogen-bond acceptors (Lipinski definition) is 18. The van der Waals surface area contributed by atoms with Crippen LogP contribution in [-0.4, -0.2) is 216 Å². The Labute approximate surface area is 830 Å². The molecule has 3 rings (SSSR count). The third kappa shape index (κ3) is 45.3. The largest absolute Gasteiger partial charge is 0.416 e. The first-order valence-corrected chi connectivity index (χ1v) is 102. The minimum Gasteiger partial charge on any atom is -0.416 e. The highest BCUT2D eigenvalue weighted by Gasteiger charge is 2.60. The Morgan fingerprint density at radius 2 is 0.295 bits per heavy atom. The molecule has 3 fully saturated rings. The van der Waals surface area contributed by atoms with Crippen LogP contribution in [0.3, 0.4) is 0 Å². The van der Waals surface area contributed by atoms with Crippen LogP contribution < -0.4 is 0 Å². The molecule has 0 radical (unpaired) electrons. The van der Waals surface area contributed by atoms with E-state index >= 15 is 0 Å². The third-order valence-electron chi connectivity index (χ3n) is 25.8. The normalized spacial score (nSPS) is 28.2. The zero-order valence-electron chi connectivity index (χ0n) is 87.0. The summed E-state index contributed by atoms with van der Waals surface area (Å²) in [7, 11) is -50.4. The quantitative estimate of drug-likeness (QED) is 0.0416. The van der Waals surface area contributed by atoms with Gasteiger partial charge in [-0.1, -0.05) is 196 Å². The molecular weight excluding hydrogens is 1990 g/mol. The first kappa shape index (κ1) is 128. The predicted molar refractivity (Wildman–Crippen MR) is 620 cm³/mol. The third-order valence-corrected chi connectivity index (χ3v) is 105. The van der Waals surface area contributed by atoms with Crippen LogP contribution in [0, 0.1) is 0 Å². The minimum absolute atomic E-state index is 0.596. The summed E-state index contributed by atoms with van der Waals surface area (Å²) in [4.78, 5) is 0. The highest BCUT2D eigenvalue weighted by atomic mass is 28.5. The van der Waals surface area contributed by atoms with Gasteiger partial charge in [0.2, 0.25) is 49.9 Å². The molecule has 0 aromatic carbocycles. The second-order valence-electron chi connectivity index (χ2n) is 39.7. The van der Waals surface area contributed by atoms with Gasteiger partial charge in [0, 0.05) is 39.6 Å². The molecule has 0 amide bonds. The van der Waals surface area contributed by atoms with E-state index in [1.807, 2.05) is 85.5 Å². The van der Waals surface area contributed by atoms with Gasteiger partial charge in [-0.2, -0.15) is 0 Å². The molecule has 18 nitrogen and oxygen atoms in total. The van der Waals surface area contributed by atoms with Gasteiger partial charge in [-0.15, -0.1) is 138 Å². The molecule has 39 heteroatoms. The van der Waals surface area contributed by atoms with Crippen LogP contribution in [0.2, 0.25) is 210 Å². The summed E-state index contributed by atoms with van der Waals surface area (Å²) in [6.07, 6.45) is 11.2. The van der Waals surface area contributed by atoms with E-state index in [1.54, 1.807) is 0 Å². The molecule has 0 bridgehead atoms. The number of rotatable bonds is 66. The van der Waals surface area contributed by atoms with Crippen LogP contribution in [0.15, 0.2) is 258 Å². The van der Waals surface area contributed by atoms with E-state index in [0.29, 0.717) is 39.6 Å². The number of hydrogen-bond donors (Lipinski definition) is 0. The molecule has 3 aliphatic rings. The van der Waals surface area contributed by atoms with E-state index in [2.05, 4.69) is 310 Å². The van der Waals surface area contributed by atoms with Crippen molar-refractivity contribution in [3.63, 3.8) is 0 Å². The smallest absolute Gasteiger partial charge is 0.343 e. The average molecular weight is 2180 g/mol. The van der Waals surface area contributed by atoms with Crippen molar-refractivity contribution in [1.82, 2.24) is 0 Å². The van der Waals surface area contributed by atoms with E-state index in [1.165, 1.54) is 0 Å². The minimum atomic E-state index is -2.83. The van der Waals surface area contributed by atoms with Crippen LogP contribution in [-0.2, 0) is 75.9 Å². The standard InChI is InChI=1S/C37H74O7Si8.C31H62O6Si7.C25H50O5Si6/c1-17-45(9,18-2)33-25-26-34-49(13)41-50(14,35-27-30-38-46(10,19-3)20-4)43-52(16,37-29-32-40-48(12,23-7)24-8)44-51(15,42-49)36-28-31-39-47(11,21-5)22-6;1-15-38(8,16-2)28-22-23-29-42(12)34-41(11,21-7)35-43(13,30-24-26-32-39(9,17-3)18-4)37-44(14,36-42)31-25-27-33-40(10,19-5)20-6;1-13-31(7,14-2)23-19-20-24-35(11)27-33(9,17-5)29-36(12,30-34(10,18-6)28-35)25-21-22-26-32(8,15-3)16-4/h17-24H,1-8,25-37H2,9-16H3;15-21H,1-7,22-31H2,8-14H3;13-18H,1-6,19-25H2,7-12H3. The van der Waals surface area contributed by atoms with Crippen molar-refractivity contribution in [2.24, 2.45) is 0 Å². The van der Waals surface area contributed by atoms with E-state index < -0.39 is 177 Å². The molecule has 8 atom stereocenters. The first-order chi connectivity index (χ1) is 61.1. The molecule has 132 heavy (non-hydrogen) atoms. The van der Waals surface area contributed by atoms with Gasteiger partial charge in [-0.05, 0) is 211 Å². The van der Waals surface area contributed by atoms with Gasteiger partial charge in [0.1, 0.15) is 0 Å². The molecule has 3 heterocycles. The Kier molecular flexibility index (Phi) is 55.5. The van der Waals surface area contributed by atoms with Crippen molar-refractivity contribution >= 4 is 177 Å². The van der Waals surface area contributed by atoms with E-state index in [4.69, 9.17) is 75.9 Å². The van der Waals surface area contributed by atoms with Gasteiger partial charge < -0.3 is 75.9 Å². The van der Waals surface area contributed by atoms with Crippen LogP contribution in [0.4, 0.5) is 0 Å². The molecule has 3 aliphatic heterocycles. The summed E-state index contributed by atoms with van der Waals surface area (Å²) in [5.74, 6) is 0. The van der Waals surface area contributed by atoms with Gasteiger partial charge in [0.05, 0.1) is 24.2 Å². The number of unbranched alkanes of at least 4 members (excludes halogenated alkanes) is 3. The summed E-state index contributed by atoms with van der Waals surface area (Å²) < 4.78 is 123. The Balaban J connectivity index is 0.00000101. The molecule has 0 aliphatic carbocycles. The SMILES string of the molecule is C=C[Si](C)(C=C)CCCC[Si]1(C)O[Si](C)(C=C)O[Si](C)(CCCO[Si](C)(C=C)C=C)O[Si](C)(C=C)O1.C=C[Si](C)(C=C)CCCC[Si]1(C)O[Si](C)(C=C)O[Si](C)(CCCO[Si](C)(C=C)C=C)O[Si](C)(CCCO[Si](C)(C=C)C=C)O1.C=C[Si](C)(C=C)CCCC[Si]1(C)O[Si](C)(CCCO[Si](C)(C=C)C=C)O[Si](C)(CCCO[Si](C)(C=C)C=C)O[Si](C)(CCCO[Si](C)(C=C)C=C)O1. The van der Waals surface area contributed by atoms with E-state index in [-0.39, 0.29) is 0 Å². The maximum atomic E-state index is 7.43. The Bertz CT molecular complexity index is 3420. The van der Waals surface area contributed by atoms with Crippen molar-refractivity contribution < 1.29 is 75.9 Å². The zero-order chi connectivity index (χ0) is 101. The zero-order valence-corrected chi connectivity index (χ0v) is 108. The maximum Gasteiger partial charge on any atom is 0.343 e. The lowest BCUT2D eigenvalue weighted by molar-refractivity contribution is 0.212. The van der Waals surface area contributed by atoms with Crippen molar-refractivity contribution in [3.8, 4) is 0 Å². The summed E-state index contributed by atoms with van der Waals surface area (Å²) in [5.41, 5.74) is 41.4. The summed E-state index contributed by atoms with van der Waals surface area (Å²) in [5, 5.41) is 0. The molecule has 8 unspecified atom stereocenters. The average Bonchev–Trinajstić information content (AvgIpc) is 0.772. The van der Waals surface area contributed by atoms with Crippen LogP contribution >= 0.6 is 0 Å². The fraction of sp³-hybridized carbons (Fsp3) is 0.548. The van der Waals surface area contributed by atoms with Gasteiger partial charge in [-0.3, -0.25) is 0 Å². The van der Waals surface area contributed by atoms with E-state index in [9.17, 15) is 0 Å². The molecule has 0 spiro atoms. The molecule has 0 aromatic heterocycles. The Morgan fingerprint density at radius 1 is 0.174 bits per heavy atom. The molecule has 3 saturated heterocycles. The van der Waals surface area contributed by atoms with Crippen LogP contribution in [0.25, 0.3) is 0 Å². The maximum absolute atomic E-state index is 7.43. The Hall–Kier alpha value is -1.63. The summed E-state index contributed by atoms with van der Waals surface area (Å²) in [6.45, 7) is 133.